The lowest BCUT2D eigenvalue weighted by atomic mass is 10.9. The van der Waals surface area contributed by atoms with Gasteiger partial charge in [0.15, 0.2) is 0 Å². The summed E-state index contributed by atoms with van der Waals surface area (Å²) in [6, 6.07) is 0. The quantitative estimate of drug-likeness (QED) is 0.491. The summed E-state index contributed by atoms with van der Waals surface area (Å²) in [5.74, 6) is 0.504. The predicted octanol–water partition coefficient (Wildman–Crippen LogP) is 1.67. The summed E-state index contributed by atoms with van der Waals surface area (Å²) in [5.41, 5.74) is 0.516. The predicted molar refractivity (Wildman–Crippen MR) is 36.7 cm³/mol. The van der Waals surface area contributed by atoms with Crippen LogP contribution < -0.4 is 0 Å². The fourth-order valence-corrected chi connectivity index (χ4v) is 2.71. The molecular formula is C6H12OSi. The summed E-state index contributed by atoms with van der Waals surface area (Å²) in [4.78, 5) is 10.6. The maximum absolute atomic E-state index is 10.6. The normalized spacial score (nSPS) is 28.4. The molecule has 0 bridgehead atoms. The van der Waals surface area contributed by atoms with E-state index in [1.165, 1.54) is 0 Å². The van der Waals surface area contributed by atoms with E-state index in [0.29, 0.717) is 11.3 Å². The van der Waals surface area contributed by atoms with E-state index in [1.807, 2.05) is 0 Å². The maximum atomic E-state index is 10.6. The number of rotatable bonds is 1. The number of hydrogen-bond donors (Lipinski definition) is 0. The van der Waals surface area contributed by atoms with E-state index in [-0.39, 0.29) is 0 Å². The zero-order valence-corrected chi connectivity index (χ0v) is 6.69. The number of hydrogen-bond acceptors (Lipinski definition) is 1. The van der Waals surface area contributed by atoms with Gasteiger partial charge < -0.3 is 0 Å². The first-order chi connectivity index (χ1) is 3.52. The van der Waals surface area contributed by atoms with Gasteiger partial charge in [-0.1, -0.05) is 19.6 Å². The zero-order valence-electron chi connectivity index (χ0n) is 5.69. The highest BCUT2D eigenvalue weighted by molar-refractivity contribution is 6.83. The molecule has 8 heavy (non-hydrogen) atoms. The van der Waals surface area contributed by atoms with Crippen LogP contribution in [0.3, 0.4) is 0 Å². The van der Waals surface area contributed by atoms with Crippen LogP contribution in [0.2, 0.25) is 25.2 Å². The lowest BCUT2D eigenvalue weighted by Gasteiger charge is -2.10. The molecule has 0 spiro atoms. The summed E-state index contributed by atoms with van der Waals surface area (Å²) in [5, 5.41) is 0. The number of carbonyl (C=O) groups excluding carboxylic acids is 1. The summed E-state index contributed by atoms with van der Waals surface area (Å²) >= 11 is 0. The Balaban J connectivity index is 2.51. The summed E-state index contributed by atoms with van der Waals surface area (Å²) < 4.78 is 0. The molecule has 46 valence electrons. The van der Waals surface area contributed by atoms with Crippen molar-refractivity contribution in [2.75, 3.05) is 0 Å². The van der Waals surface area contributed by atoms with Crippen LogP contribution in [0, 0.1) is 0 Å². The van der Waals surface area contributed by atoms with Crippen molar-refractivity contribution < 1.29 is 4.79 Å². The van der Waals surface area contributed by atoms with Crippen molar-refractivity contribution in [1.29, 1.82) is 0 Å². The van der Waals surface area contributed by atoms with Crippen molar-refractivity contribution in [2.45, 2.75) is 31.6 Å². The Bertz CT molecular complexity index is 123. The first-order valence-corrected chi connectivity index (χ1v) is 6.62. The van der Waals surface area contributed by atoms with Crippen LogP contribution in [0.25, 0.3) is 0 Å². The fourth-order valence-electron chi connectivity index (χ4n) is 0.931. The molecule has 1 saturated carbocycles. The van der Waals surface area contributed by atoms with Crippen LogP contribution in [0.5, 0.6) is 0 Å². The maximum Gasteiger partial charge on any atom is 0.134 e. The molecule has 1 aliphatic carbocycles. The molecule has 0 saturated heterocycles. The van der Waals surface area contributed by atoms with Crippen molar-refractivity contribution in [3.63, 3.8) is 0 Å². The first-order valence-electron chi connectivity index (χ1n) is 3.04. The van der Waals surface area contributed by atoms with Gasteiger partial charge >= 0.3 is 0 Å². The van der Waals surface area contributed by atoms with Gasteiger partial charge in [-0.15, -0.1) is 0 Å². The third-order valence-electron chi connectivity index (χ3n) is 1.68. The average molecular weight is 128 g/mol. The Morgan fingerprint density at radius 2 is 1.88 bits per heavy atom. The van der Waals surface area contributed by atoms with Gasteiger partial charge in [0.1, 0.15) is 5.78 Å². The van der Waals surface area contributed by atoms with Gasteiger partial charge in [-0.3, -0.25) is 4.79 Å². The molecule has 0 aromatic carbocycles. The van der Waals surface area contributed by atoms with Crippen molar-refractivity contribution in [1.82, 2.24) is 0 Å². The van der Waals surface area contributed by atoms with E-state index in [1.54, 1.807) is 0 Å². The van der Waals surface area contributed by atoms with Gasteiger partial charge in [0, 0.05) is 12.0 Å². The van der Waals surface area contributed by atoms with Gasteiger partial charge in [0.05, 0.1) is 8.07 Å². The summed E-state index contributed by atoms with van der Waals surface area (Å²) in [6.45, 7) is 6.76. The van der Waals surface area contributed by atoms with Crippen molar-refractivity contribution in [2.24, 2.45) is 0 Å². The van der Waals surface area contributed by atoms with Crippen LogP contribution >= 0.6 is 0 Å². The van der Waals surface area contributed by atoms with E-state index in [2.05, 4.69) is 19.6 Å². The smallest absolute Gasteiger partial charge is 0.134 e. The highest BCUT2D eigenvalue weighted by Gasteiger charge is 2.44. The largest absolute Gasteiger partial charge is 0.300 e. The molecular weight excluding hydrogens is 116 g/mol. The summed E-state index contributed by atoms with van der Waals surface area (Å²) in [6.07, 6.45) is 0.885. The topological polar surface area (TPSA) is 17.1 Å². The number of carbonyl (C=O) groups is 1. The van der Waals surface area contributed by atoms with E-state index in [9.17, 15) is 4.79 Å². The molecule has 2 heteroatoms. The van der Waals surface area contributed by atoms with Gasteiger partial charge in [-0.25, -0.2) is 0 Å². The molecule has 0 aromatic heterocycles. The minimum atomic E-state index is -1.04. The third-order valence-corrected chi connectivity index (χ3v) is 4.30. The molecule has 1 nitrogen and oxygen atoms in total. The van der Waals surface area contributed by atoms with E-state index in [0.717, 1.165) is 6.42 Å². The van der Waals surface area contributed by atoms with Crippen molar-refractivity contribution in [3.8, 4) is 0 Å². The van der Waals surface area contributed by atoms with Crippen molar-refractivity contribution >= 4 is 13.9 Å². The second kappa shape index (κ2) is 1.44. The SMILES string of the molecule is C[Si](C)(C)C1CC1=O. The summed E-state index contributed by atoms with van der Waals surface area (Å²) in [7, 11) is -1.04. The third kappa shape index (κ3) is 0.995. The minimum Gasteiger partial charge on any atom is -0.300 e. The van der Waals surface area contributed by atoms with Crippen LogP contribution in [-0.4, -0.2) is 13.9 Å². The Labute approximate surface area is 51.1 Å². The highest BCUT2D eigenvalue weighted by Crippen LogP contribution is 2.40. The average Bonchev–Trinajstić information content (AvgIpc) is 2.13. The monoisotopic (exact) mass is 128 g/mol. The van der Waals surface area contributed by atoms with Crippen molar-refractivity contribution in [3.05, 3.63) is 0 Å². The van der Waals surface area contributed by atoms with Gasteiger partial charge in [-0.2, -0.15) is 0 Å². The van der Waals surface area contributed by atoms with Crippen LogP contribution in [0.4, 0.5) is 0 Å². The molecule has 1 unspecified atom stereocenters. The molecule has 0 aliphatic heterocycles. The second-order valence-corrected chi connectivity index (χ2v) is 9.02. The lowest BCUT2D eigenvalue weighted by molar-refractivity contribution is -0.109. The molecule has 1 aliphatic rings. The fraction of sp³-hybridized carbons (Fsp3) is 0.833. The molecule has 0 aromatic rings. The molecule has 0 N–H and O–H groups in total. The molecule has 1 atom stereocenters. The van der Waals surface area contributed by atoms with Crippen LogP contribution in [0.15, 0.2) is 0 Å². The Kier molecular flexibility index (Phi) is 1.08. The lowest BCUT2D eigenvalue weighted by Crippen LogP contribution is -2.20. The number of Topliss-reactive ketones (excluding diaryl/α,β-unsaturated/α-hetero) is 1. The number of ketones is 1. The Morgan fingerprint density at radius 1 is 1.50 bits per heavy atom. The van der Waals surface area contributed by atoms with E-state index >= 15 is 0 Å². The van der Waals surface area contributed by atoms with E-state index in [4.69, 9.17) is 0 Å². The van der Waals surface area contributed by atoms with Gasteiger partial charge in [0.2, 0.25) is 0 Å². The van der Waals surface area contributed by atoms with Gasteiger partial charge in [0.25, 0.3) is 0 Å². The van der Waals surface area contributed by atoms with Gasteiger partial charge in [-0.05, 0) is 0 Å². The zero-order chi connectivity index (χ0) is 6.36. The highest BCUT2D eigenvalue weighted by atomic mass is 28.3. The molecule has 1 rings (SSSR count). The standard InChI is InChI=1S/C6H12OSi/c1-8(2,3)6-4-5(6)7/h6H,4H2,1-3H3. The van der Waals surface area contributed by atoms with Crippen LogP contribution in [-0.2, 0) is 4.79 Å². The second-order valence-electron chi connectivity index (χ2n) is 3.59. The molecule has 0 amide bonds. The Hall–Kier alpha value is -0.113. The first kappa shape index (κ1) is 6.01. The minimum absolute atomic E-state index is 0.504. The molecule has 1 fully saturated rings. The molecule has 0 heterocycles. The molecule has 0 radical (unpaired) electrons. The van der Waals surface area contributed by atoms with Crippen LogP contribution in [0.1, 0.15) is 6.42 Å². The Morgan fingerprint density at radius 3 is 1.88 bits per heavy atom. The van der Waals surface area contributed by atoms with E-state index < -0.39 is 8.07 Å².